The molecular formula is C21H23NO4. The smallest absolute Gasteiger partial charge is 0.306 e. The minimum atomic E-state index is -0.763. The Kier molecular flexibility index (Phi) is 5.56. The standard InChI is InChI=1S/C21H23NO4/c1-14-7-12-19(26-17-5-3-2-4-6-17)18(13-14)22-20(23)15-8-10-16(11-9-15)21(24)25/h2-7,12-13,15-16H,8-11H2,1H3,(H,22,23)(H,24,25). The number of carboxylic acids is 1. The summed E-state index contributed by atoms with van der Waals surface area (Å²) in [6, 6.07) is 15.1. The van der Waals surface area contributed by atoms with E-state index in [4.69, 9.17) is 9.84 Å². The zero-order valence-corrected chi connectivity index (χ0v) is 14.8. The molecule has 3 rings (SSSR count). The minimum Gasteiger partial charge on any atom is -0.481 e. The summed E-state index contributed by atoms with van der Waals surface area (Å²) in [5.74, 6) is -0.0210. The minimum absolute atomic E-state index is 0.0719. The van der Waals surface area contributed by atoms with Crippen molar-refractivity contribution in [3.05, 3.63) is 54.1 Å². The molecule has 1 aliphatic carbocycles. The van der Waals surface area contributed by atoms with Gasteiger partial charge in [-0.15, -0.1) is 0 Å². The van der Waals surface area contributed by atoms with Crippen LogP contribution in [0.15, 0.2) is 48.5 Å². The van der Waals surface area contributed by atoms with Crippen LogP contribution in [0.25, 0.3) is 0 Å². The van der Waals surface area contributed by atoms with Gasteiger partial charge in [-0.25, -0.2) is 0 Å². The summed E-state index contributed by atoms with van der Waals surface area (Å²) in [6.45, 7) is 1.96. The number of carbonyl (C=O) groups excluding carboxylic acids is 1. The first-order valence-corrected chi connectivity index (χ1v) is 8.90. The van der Waals surface area contributed by atoms with Gasteiger partial charge in [-0.2, -0.15) is 0 Å². The number of hydrogen-bond acceptors (Lipinski definition) is 3. The van der Waals surface area contributed by atoms with E-state index < -0.39 is 5.97 Å². The Morgan fingerprint density at radius 1 is 1.00 bits per heavy atom. The quantitative estimate of drug-likeness (QED) is 0.822. The summed E-state index contributed by atoms with van der Waals surface area (Å²) in [6.07, 6.45) is 2.30. The van der Waals surface area contributed by atoms with E-state index in [2.05, 4.69) is 5.32 Å². The van der Waals surface area contributed by atoms with Crippen LogP contribution in [0.4, 0.5) is 5.69 Å². The summed E-state index contributed by atoms with van der Waals surface area (Å²) < 4.78 is 5.91. The molecular weight excluding hydrogens is 330 g/mol. The van der Waals surface area contributed by atoms with Crippen LogP contribution < -0.4 is 10.1 Å². The predicted molar refractivity (Wildman–Crippen MR) is 99.4 cm³/mol. The summed E-state index contributed by atoms with van der Waals surface area (Å²) in [5, 5.41) is 12.1. The topological polar surface area (TPSA) is 75.6 Å². The van der Waals surface area contributed by atoms with E-state index in [9.17, 15) is 9.59 Å². The number of ether oxygens (including phenoxy) is 1. The van der Waals surface area contributed by atoms with Gasteiger partial charge in [0.2, 0.25) is 5.91 Å². The maximum atomic E-state index is 12.6. The first kappa shape index (κ1) is 18.0. The lowest BCUT2D eigenvalue weighted by atomic mass is 9.81. The molecule has 0 heterocycles. The third-order valence-electron chi connectivity index (χ3n) is 4.81. The van der Waals surface area contributed by atoms with Crippen LogP contribution in [0.1, 0.15) is 31.2 Å². The molecule has 26 heavy (non-hydrogen) atoms. The number of para-hydroxylation sites is 1. The number of aryl methyl sites for hydroxylation is 1. The highest BCUT2D eigenvalue weighted by molar-refractivity contribution is 5.94. The highest BCUT2D eigenvalue weighted by Gasteiger charge is 2.30. The lowest BCUT2D eigenvalue weighted by Gasteiger charge is -2.25. The fourth-order valence-electron chi connectivity index (χ4n) is 3.28. The van der Waals surface area contributed by atoms with Crippen LogP contribution in [0.3, 0.4) is 0 Å². The first-order chi connectivity index (χ1) is 12.5. The number of carbonyl (C=O) groups is 2. The van der Waals surface area contributed by atoms with Crippen LogP contribution in [0.2, 0.25) is 0 Å². The van der Waals surface area contributed by atoms with E-state index in [0.29, 0.717) is 42.9 Å². The van der Waals surface area contributed by atoms with Crippen molar-refractivity contribution in [1.29, 1.82) is 0 Å². The second-order valence-electron chi connectivity index (χ2n) is 6.79. The van der Waals surface area contributed by atoms with Crippen molar-refractivity contribution in [2.24, 2.45) is 11.8 Å². The number of benzene rings is 2. The van der Waals surface area contributed by atoms with Crippen LogP contribution >= 0.6 is 0 Å². The van der Waals surface area contributed by atoms with Crippen molar-refractivity contribution in [3.63, 3.8) is 0 Å². The van der Waals surface area contributed by atoms with Gasteiger partial charge in [-0.1, -0.05) is 24.3 Å². The van der Waals surface area contributed by atoms with E-state index in [0.717, 1.165) is 5.56 Å². The molecule has 0 aliphatic heterocycles. The van der Waals surface area contributed by atoms with Gasteiger partial charge in [0.15, 0.2) is 5.75 Å². The first-order valence-electron chi connectivity index (χ1n) is 8.90. The summed E-state index contributed by atoms with van der Waals surface area (Å²) >= 11 is 0. The van der Waals surface area contributed by atoms with E-state index in [1.54, 1.807) is 0 Å². The van der Waals surface area contributed by atoms with E-state index in [-0.39, 0.29) is 17.7 Å². The normalized spacial score (nSPS) is 19.6. The Morgan fingerprint density at radius 3 is 2.31 bits per heavy atom. The highest BCUT2D eigenvalue weighted by Crippen LogP contribution is 2.33. The molecule has 5 nitrogen and oxygen atoms in total. The Bertz CT molecular complexity index is 780. The number of carboxylic acid groups (broad SMARTS) is 1. The Balaban J connectivity index is 1.70. The molecule has 1 fully saturated rings. The van der Waals surface area contributed by atoms with Crippen LogP contribution in [0, 0.1) is 18.8 Å². The van der Waals surface area contributed by atoms with Crippen molar-refractivity contribution in [3.8, 4) is 11.5 Å². The third kappa shape index (κ3) is 4.42. The van der Waals surface area contributed by atoms with Crippen molar-refractivity contribution in [1.82, 2.24) is 0 Å². The highest BCUT2D eigenvalue weighted by atomic mass is 16.5. The molecule has 1 amide bonds. The molecule has 2 aromatic rings. The van der Waals surface area contributed by atoms with Crippen LogP contribution in [-0.4, -0.2) is 17.0 Å². The van der Waals surface area contributed by atoms with E-state index in [1.165, 1.54) is 0 Å². The molecule has 5 heteroatoms. The molecule has 0 saturated heterocycles. The van der Waals surface area contributed by atoms with Crippen molar-refractivity contribution in [2.45, 2.75) is 32.6 Å². The molecule has 0 bridgehead atoms. The van der Waals surface area contributed by atoms with Crippen molar-refractivity contribution in [2.75, 3.05) is 5.32 Å². The van der Waals surface area contributed by atoms with E-state index >= 15 is 0 Å². The fraction of sp³-hybridized carbons (Fsp3) is 0.333. The van der Waals surface area contributed by atoms with Gasteiger partial charge in [0.25, 0.3) is 0 Å². The molecule has 0 aromatic heterocycles. The Morgan fingerprint density at radius 2 is 1.65 bits per heavy atom. The van der Waals surface area contributed by atoms with Gasteiger partial charge in [0.05, 0.1) is 11.6 Å². The number of anilines is 1. The van der Waals surface area contributed by atoms with Gasteiger partial charge in [-0.3, -0.25) is 9.59 Å². The SMILES string of the molecule is Cc1ccc(Oc2ccccc2)c(NC(=O)C2CCC(C(=O)O)CC2)c1. The van der Waals surface area contributed by atoms with Crippen LogP contribution in [0.5, 0.6) is 11.5 Å². The monoisotopic (exact) mass is 353 g/mol. The second-order valence-corrected chi connectivity index (χ2v) is 6.79. The molecule has 2 aromatic carbocycles. The van der Waals surface area contributed by atoms with Gasteiger partial charge in [0.1, 0.15) is 5.75 Å². The summed E-state index contributed by atoms with van der Waals surface area (Å²) in [4.78, 5) is 23.7. The number of nitrogens with one attached hydrogen (secondary N) is 1. The number of aliphatic carboxylic acids is 1. The fourth-order valence-corrected chi connectivity index (χ4v) is 3.28. The van der Waals surface area contributed by atoms with Crippen molar-refractivity contribution >= 4 is 17.6 Å². The van der Waals surface area contributed by atoms with Gasteiger partial charge < -0.3 is 15.2 Å². The zero-order chi connectivity index (χ0) is 18.5. The number of rotatable bonds is 5. The van der Waals surface area contributed by atoms with Crippen LogP contribution in [-0.2, 0) is 9.59 Å². The van der Waals surface area contributed by atoms with Gasteiger partial charge >= 0.3 is 5.97 Å². The lowest BCUT2D eigenvalue weighted by molar-refractivity contribution is -0.143. The van der Waals surface area contributed by atoms with Gasteiger partial charge in [-0.05, 0) is 62.4 Å². The Labute approximate surface area is 153 Å². The lowest BCUT2D eigenvalue weighted by Crippen LogP contribution is -2.29. The number of amides is 1. The average Bonchev–Trinajstić information content (AvgIpc) is 2.65. The molecule has 0 radical (unpaired) electrons. The summed E-state index contributed by atoms with van der Waals surface area (Å²) in [5.41, 5.74) is 1.66. The maximum absolute atomic E-state index is 12.6. The van der Waals surface area contributed by atoms with E-state index in [1.807, 2.05) is 55.5 Å². The molecule has 2 N–H and O–H groups in total. The Hall–Kier alpha value is -2.82. The molecule has 136 valence electrons. The molecule has 1 saturated carbocycles. The molecule has 0 atom stereocenters. The average molecular weight is 353 g/mol. The molecule has 0 spiro atoms. The zero-order valence-electron chi connectivity index (χ0n) is 14.8. The van der Waals surface area contributed by atoms with Gasteiger partial charge in [0, 0.05) is 5.92 Å². The molecule has 0 unspecified atom stereocenters. The number of hydrogen-bond donors (Lipinski definition) is 2. The van der Waals surface area contributed by atoms with Crippen molar-refractivity contribution < 1.29 is 19.4 Å². The largest absolute Gasteiger partial charge is 0.481 e. The maximum Gasteiger partial charge on any atom is 0.306 e. The second kappa shape index (κ2) is 8.04. The molecule has 1 aliphatic rings. The predicted octanol–water partition coefficient (Wildman–Crippen LogP) is 4.62. The third-order valence-corrected chi connectivity index (χ3v) is 4.81. The summed E-state index contributed by atoms with van der Waals surface area (Å²) in [7, 11) is 0.